The number of esters is 1. The Hall–Kier alpha value is -5.59. The van der Waals surface area contributed by atoms with Crippen LogP contribution in [0.2, 0.25) is 0 Å². The lowest BCUT2D eigenvalue weighted by Crippen LogP contribution is -2.56. The minimum atomic E-state index is -0.601. The first-order valence-corrected chi connectivity index (χ1v) is 23.5. The van der Waals surface area contributed by atoms with Gasteiger partial charge in [0.2, 0.25) is 0 Å². The molecule has 0 atom stereocenters. The van der Waals surface area contributed by atoms with Crippen molar-refractivity contribution in [3.8, 4) is 11.5 Å². The third-order valence-corrected chi connectivity index (χ3v) is 14.9. The van der Waals surface area contributed by atoms with Crippen LogP contribution in [0.25, 0.3) is 0 Å². The van der Waals surface area contributed by atoms with Gasteiger partial charge in [-0.2, -0.15) is 0 Å². The van der Waals surface area contributed by atoms with Gasteiger partial charge in [0.25, 0.3) is 0 Å². The normalized spacial score (nSPS) is 25.3. The van der Waals surface area contributed by atoms with Crippen molar-refractivity contribution in [3.05, 3.63) is 131 Å². The zero-order chi connectivity index (χ0) is 47.3. The van der Waals surface area contributed by atoms with Crippen molar-refractivity contribution in [2.24, 2.45) is 0 Å². The van der Waals surface area contributed by atoms with E-state index in [1.54, 1.807) is 19.1 Å². The molecule has 66 heavy (non-hydrogen) atoms. The standard InChI is InChI=1S/C30H41N3O4.C24H31N3O2/c1-28(2,3)37-26(34)21-33-27(35)32(20-23-12-14-25(36-6)15-13-23)22-29(33)16-18-30(19-17-29,31(4)5)24-10-8-7-9-11-24;1-26(2)24(20-7-5-4-6-8-20)15-13-23(14-16-24)18-27(22(28)25-23)17-19-9-11-21(29-3)12-10-19/h7-15H,16-22H2,1-6H3;4-12H,13-18H2,1-3H3,(H,25,28). The number of hydrogen-bond acceptors (Lipinski definition) is 8. The number of hydrogen-bond donors (Lipinski definition) is 1. The van der Waals surface area contributed by atoms with E-state index in [1.807, 2.05) is 85.2 Å². The molecule has 2 spiro atoms. The quantitative estimate of drug-likeness (QED) is 0.141. The van der Waals surface area contributed by atoms with E-state index in [-0.39, 0.29) is 41.2 Å². The Labute approximate surface area is 393 Å². The third kappa shape index (κ3) is 10.3. The van der Waals surface area contributed by atoms with Crippen LogP contribution in [0.1, 0.15) is 94.4 Å². The third-order valence-electron chi connectivity index (χ3n) is 14.9. The number of ether oxygens (including phenoxy) is 3. The highest BCUT2D eigenvalue weighted by molar-refractivity contribution is 5.84. The number of methoxy groups -OCH3 is 2. The molecule has 2 aliphatic carbocycles. The Balaban J connectivity index is 0.000000202. The van der Waals surface area contributed by atoms with Crippen LogP contribution in [0.3, 0.4) is 0 Å². The fourth-order valence-electron chi connectivity index (χ4n) is 11.0. The molecule has 12 heteroatoms. The van der Waals surface area contributed by atoms with Crippen LogP contribution in [0.4, 0.5) is 9.59 Å². The van der Waals surface area contributed by atoms with Gasteiger partial charge in [-0.25, -0.2) is 9.59 Å². The molecule has 2 saturated carbocycles. The second kappa shape index (κ2) is 19.7. The van der Waals surface area contributed by atoms with Crippen LogP contribution < -0.4 is 14.8 Å². The Morgan fingerprint density at radius 2 is 1.05 bits per heavy atom. The number of nitrogens with zero attached hydrogens (tertiary/aromatic N) is 5. The summed E-state index contributed by atoms with van der Waals surface area (Å²) in [5.74, 6) is 1.26. The van der Waals surface area contributed by atoms with E-state index in [9.17, 15) is 14.4 Å². The fraction of sp³-hybridized carbons (Fsp3) is 0.500. The largest absolute Gasteiger partial charge is 0.497 e. The first-order valence-electron chi connectivity index (χ1n) is 23.5. The minimum Gasteiger partial charge on any atom is -0.497 e. The number of carbonyl (C=O) groups excluding carboxylic acids is 3. The summed E-state index contributed by atoms with van der Waals surface area (Å²) in [6.07, 6.45) is 7.50. The van der Waals surface area contributed by atoms with Gasteiger partial charge in [-0.15, -0.1) is 0 Å². The maximum absolute atomic E-state index is 13.8. The lowest BCUT2D eigenvalue weighted by Gasteiger charge is -2.50. The zero-order valence-electron chi connectivity index (χ0n) is 40.8. The molecule has 8 rings (SSSR count). The van der Waals surface area contributed by atoms with Crippen LogP contribution in [0.5, 0.6) is 11.5 Å². The first-order chi connectivity index (χ1) is 31.4. The van der Waals surface area contributed by atoms with Gasteiger partial charge in [-0.1, -0.05) is 84.9 Å². The van der Waals surface area contributed by atoms with Crippen molar-refractivity contribution in [2.45, 2.75) is 113 Å². The van der Waals surface area contributed by atoms with E-state index >= 15 is 0 Å². The van der Waals surface area contributed by atoms with Gasteiger partial charge >= 0.3 is 18.0 Å². The number of nitrogens with one attached hydrogen (secondary N) is 1. The number of amides is 4. The maximum Gasteiger partial charge on any atom is 0.326 e. The number of benzene rings is 4. The molecular formula is C54H72N6O6. The summed E-state index contributed by atoms with van der Waals surface area (Å²) >= 11 is 0. The summed E-state index contributed by atoms with van der Waals surface area (Å²) in [7, 11) is 11.9. The molecule has 1 N–H and O–H groups in total. The van der Waals surface area contributed by atoms with Crippen molar-refractivity contribution in [2.75, 3.05) is 62.0 Å². The Kier molecular flexibility index (Phi) is 14.4. The maximum atomic E-state index is 13.8. The van der Waals surface area contributed by atoms with E-state index in [1.165, 1.54) is 11.1 Å². The minimum absolute atomic E-state index is 0.0322. The number of rotatable bonds is 12. The van der Waals surface area contributed by atoms with E-state index in [0.717, 1.165) is 80.5 Å². The molecule has 2 saturated heterocycles. The molecule has 2 aliphatic heterocycles. The summed E-state index contributed by atoms with van der Waals surface area (Å²) < 4.78 is 16.1. The van der Waals surface area contributed by atoms with Gasteiger partial charge in [-0.3, -0.25) is 14.6 Å². The topological polar surface area (TPSA) is 107 Å². The highest BCUT2D eigenvalue weighted by atomic mass is 16.6. The average molecular weight is 901 g/mol. The van der Waals surface area contributed by atoms with E-state index in [0.29, 0.717) is 19.6 Å². The highest BCUT2D eigenvalue weighted by Gasteiger charge is 2.55. The van der Waals surface area contributed by atoms with Crippen molar-refractivity contribution < 1.29 is 28.6 Å². The molecular weight excluding hydrogens is 829 g/mol. The SMILES string of the molecule is COc1ccc(CN2CC3(CCC(c4ccccc4)(N(C)C)CC3)N(CC(=O)OC(C)(C)C)C2=O)cc1.COc1ccc(CN2CC3(CCC(c4ccccc4)(N(C)C)CC3)NC2=O)cc1. The molecule has 0 unspecified atom stereocenters. The molecule has 4 aromatic carbocycles. The van der Waals surface area contributed by atoms with Gasteiger partial charge in [0.05, 0.1) is 25.3 Å². The molecule has 4 amide bonds. The van der Waals surface area contributed by atoms with E-state index < -0.39 is 11.1 Å². The molecule has 0 bridgehead atoms. The second-order valence-electron chi connectivity index (χ2n) is 20.4. The molecule has 12 nitrogen and oxygen atoms in total. The van der Waals surface area contributed by atoms with Crippen LogP contribution in [0, 0.1) is 0 Å². The molecule has 4 fully saturated rings. The second-order valence-corrected chi connectivity index (χ2v) is 20.4. The van der Waals surface area contributed by atoms with E-state index in [2.05, 4.69) is 97.9 Å². The van der Waals surface area contributed by atoms with Gasteiger partial charge in [-0.05, 0) is 147 Å². The monoisotopic (exact) mass is 901 g/mol. The van der Waals surface area contributed by atoms with Crippen LogP contribution in [0.15, 0.2) is 109 Å². The zero-order valence-corrected chi connectivity index (χ0v) is 40.8. The summed E-state index contributed by atoms with van der Waals surface area (Å²) in [6, 6.07) is 37.2. The van der Waals surface area contributed by atoms with Crippen molar-refractivity contribution in [3.63, 3.8) is 0 Å². The molecule has 4 aromatic rings. The Morgan fingerprint density at radius 3 is 1.47 bits per heavy atom. The summed E-state index contributed by atoms with van der Waals surface area (Å²) in [6.45, 7) is 8.03. The van der Waals surface area contributed by atoms with Gasteiger partial charge in [0, 0.05) is 37.3 Å². The van der Waals surface area contributed by atoms with Crippen LogP contribution in [-0.2, 0) is 33.7 Å². The van der Waals surface area contributed by atoms with Gasteiger partial charge in [0.15, 0.2) is 0 Å². The molecule has 354 valence electrons. The molecule has 2 heterocycles. The van der Waals surface area contributed by atoms with Crippen molar-refractivity contribution in [1.82, 2.24) is 29.8 Å². The summed E-state index contributed by atoms with van der Waals surface area (Å²) in [5, 5.41) is 3.33. The van der Waals surface area contributed by atoms with Gasteiger partial charge < -0.3 is 34.2 Å². The predicted molar refractivity (Wildman–Crippen MR) is 259 cm³/mol. The molecule has 0 aromatic heterocycles. The molecule has 4 aliphatic rings. The lowest BCUT2D eigenvalue weighted by atomic mass is 9.68. The average Bonchev–Trinajstić information content (AvgIpc) is 3.74. The number of carbonyl (C=O) groups is 3. The summed E-state index contributed by atoms with van der Waals surface area (Å²) in [4.78, 5) is 49.7. The smallest absolute Gasteiger partial charge is 0.326 e. The summed E-state index contributed by atoms with van der Waals surface area (Å²) in [5.41, 5.74) is 3.65. The fourth-order valence-corrected chi connectivity index (χ4v) is 11.0. The van der Waals surface area contributed by atoms with Crippen LogP contribution >= 0.6 is 0 Å². The van der Waals surface area contributed by atoms with Crippen molar-refractivity contribution >= 4 is 18.0 Å². The Bertz CT molecular complexity index is 2240. The lowest BCUT2D eigenvalue weighted by molar-refractivity contribution is -0.156. The first kappa shape index (κ1) is 48.3. The highest BCUT2D eigenvalue weighted by Crippen LogP contribution is 2.50. The van der Waals surface area contributed by atoms with Crippen molar-refractivity contribution in [1.29, 1.82) is 0 Å². The molecule has 0 radical (unpaired) electrons. The Morgan fingerprint density at radius 1 is 0.606 bits per heavy atom. The van der Waals surface area contributed by atoms with E-state index in [4.69, 9.17) is 14.2 Å². The predicted octanol–water partition coefficient (Wildman–Crippen LogP) is 9.03. The van der Waals surface area contributed by atoms with Gasteiger partial charge in [0.1, 0.15) is 23.6 Å². The van der Waals surface area contributed by atoms with Crippen LogP contribution in [-0.4, -0.2) is 121 Å². The number of urea groups is 2.